The maximum absolute atomic E-state index is 13.4. The fraction of sp³-hybridized carbons (Fsp3) is 0.250. The van der Waals surface area contributed by atoms with E-state index in [1.807, 2.05) is 54.6 Å². The zero-order valence-electron chi connectivity index (χ0n) is 25.6. The smallest absolute Gasteiger partial charge is 0.347 e. The molecule has 230 valence electrons. The summed E-state index contributed by atoms with van der Waals surface area (Å²) in [5, 5.41) is 0. The molecule has 0 heterocycles. The van der Waals surface area contributed by atoms with Crippen LogP contribution in [0.25, 0.3) is 16.8 Å². The van der Waals surface area contributed by atoms with E-state index in [0.29, 0.717) is 43.4 Å². The number of nitrogens with one attached hydrogen (secondary N) is 1. The molecule has 6 nitrogen and oxygen atoms in total. The molecule has 8 heteroatoms. The third-order valence-electron chi connectivity index (χ3n) is 6.79. The fourth-order valence-corrected chi connectivity index (χ4v) is 4.94. The highest BCUT2D eigenvalue weighted by Crippen LogP contribution is 2.22. The molecule has 4 aromatic carbocycles. The van der Waals surface area contributed by atoms with Crippen molar-refractivity contribution in [2.45, 2.75) is 38.2 Å². The van der Waals surface area contributed by atoms with Gasteiger partial charge in [0.25, 0.3) is 0 Å². The van der Waals surface area contributed by atoms with E-state index in [4.69, 9.17) is 19.0 Å². The van der Waals surface area contributed by atoms with E-state index >= 15 is 0 Å². The highest BCUT2D eigenvalue weighted by Gasteiger charge is 2.24. The van der Waals surface area contributed by atoms with Gasteiger partial charge < -0.3 is 14.2 Å². The molecular formula is C36H40FNO5Si. The van der Waals surface area contributed by atoms with Crippen molar-refractivity contribution in [3.8, 4) is 22.6 Å². The molecule has 0 saturated heterocycles. The van der Waals surface area contributed by atoms with Crippen molar-refractivity contribution in [3.05, 3.63) is 127 Å². The summed E-state index contributed by atoms with van der Waals surface area (Å²) in [6, 6.07) is 32.2. The molecule has 0 saturated carbocycles. The van der Waals surface area contributed by atoms with Gasteiger partial charge in [-0.25, -0.2) is 9.18 Å². The van der Waals surface area contributed by atoms with E-state index in [1.165, 1.54) is 24.3 Å². The van der Waals surface area contributed by atoms with Crippen LogP contribution in [0.2, 0.25) is 25.7 Å². The molecule has 0 aliphatic carbocycles. The molecule has 0 radical (unpaired) electrons. The third kappa shape index (κ3) is 10.7. The van der Waals surface area contributed by atoms with Crippen molar-refractivity contribution in [2.75, 3.05) is 19.8 Å². The largest absolute Gasteiger partial charge is 0.491 e. The van der Waals surface area contributed by atoms with Gasteiger partial charge >= 0.3 is 5.97 Å². The van der Waals surface area contributed by atoms with E-state index in [9.17, 15) is 9.18 Å². The lowest BCUT2D eigenvalue weighted by Crippen LogP contribution is -2.33. The van der Waals surface area contributed by atoms with Crippen molar-refractivity contribution >= 4 is 19.7 Å². The topological polar surface area (TPSA) is 66.0 Å². The monoisotopic (exact) mass is 613 g/mol. The van der Waals surface area contributed by atoms with Gasteiger partial charge in [-0.15, -0.1) is 0 Å². The summed E-state index contributed by atoms with van der Waals surface area (Å²) < 4.78 is 30.7. The highest BCUT2D eigenvalue weighted by molar-refractivity contribution is 6.76. The first-order valence-corrected chi connectivity index (χ1v) is 18.4. The van der Waals surface area contributed by atoms with Gasteiger partial charge in [0.2, 0.25) is 0 Å². The Hall–Kier alpha value is -4.40. The van der Waals surface area contributed by atoms with Crippen LogP contribution in [0.3, 0.4) is 0 Å². The van der Waals surface area contributed by atoms with E-state index in [1.54, 1.807) is 0 Å². The van der Waals surface area contributed by atoms with Crippen molar-refractivity contribution in [3.63, 3.8) is 0 Å². The summed E-state index contributed by atoms with van der Waals surface area (Å²) in [4.78, 5) is 18.5. The van der Waals surface area contributed by atoms with Crippen molar-refractivity contribution < 1.29 is 28.2 Å². The number of rotatable bonds is 16. The molecule has 4 aromatic rings. The SMILES string of the molecule is C=C(NOCCOc1ccc(CC(Oc2ccc(F)cc2)C(=O)OCC[Si](C)(C)C)cc1)c1ccc(-c2ccccc2)cc1. The Bertz CT molecular complexity index is 1470. The number of carbonyl (C=O) groups excluding carboxylic acids is 1. The summed E-state index contributed by atoms with van der Waals surface area (Å²) in [7, 11) is -1.36. The minimum atomic E-state index is -1.36. The van der Waals surface area contributed by atoms with Crippen molar-refractivity contribution in [1.82, 2.24) is 5.48 Å². The van der Waals surface area contributed by atoms with Crippen LogP contribution in [-0.4, -0.2) is 40.0 Å². The van der Waals surface area contributed by atoms with Crippen molar-refractivity contribution in [1.29, 1.82) is 0 Å². The lowest BCUT2D eigenvalue weighted by atomic mass is 10.0. The Morgan fingerprint density at radius 1 is 0.795 bits per heavy atom. The first kappa shape index (κ1) is 32.5. The summed E-state index contributed by atoms with van der Waals surface area (Å²) in [6.45, 7) is 11.7. The number of hydrogen-bond donors (Lipinski definition) is 1. The Morgan fingerprint density at radius 2 is 1.43 bits per heavy atom. The molecule has 4 rings (SSSR count). The second-order valence-corrected chi connectivity index (χ2v) is 17.2. The molecular weight excluding hydrogens is 573 g/mol. The zero-order valence-corrected chi connectivity index (χ0v) is 26.6. The number of hydroxylamine groups is 1. The summed E-state index contributed by atoms with van der Waals surface area (Å²) in [5.41, 5.74) is 7.64. The van der Waals surface area contributed by atoms with Crippen LogP contribution in [0.5, 0.6) is 11.5 Å². The van der Waals surface area contributed by atoms with Crippen LogP contribution in [0.15, 0.2) is 110 Å². The van der Waals surface area contributed by atoms with Crippen LogP contribution < -0.4 is 15.0 Å². The summed E-state index contributed by atoms with van der Waals surface area (Å²) >= 11 is 0. The number of hydrogen-bond acceptors (Lipinski definition) is 6. The normalized spacial score (nSPS) is 11.8. The molecule has 44 heavy (non-hydrogen) atoms. The highest BCUT2D eigenvalue weighted by atomic mass is 28.3. The minimum absolute atomic E-state index is 0.297. The Balaban J connectivity index is 1.23. The standard InChI is InChI=1S/C36H40FNO5Si/c1-27(29-12-14-31(15-13-29)30-8-6-5-7-9-30)38-42-23-22-40-33-18-10-28(11-19-33)26-35(36(39)41-24-25-44(2,3)4)43-34-20-16-32(37)17-21-34/h5-21,35,38H,1,22-26H2,2-4H3. The molecule has 0 aliphatic rings. The fourth-order valence-electron chi connectivity index (χ4n) is 4.23. The molecule has 0 fully saturated rings. The van der Waals surface area contributed by atoms with Gasteiger partial charge in [0, 0.05) is 14.5 Å². The third-order valence-corrected chi connectivity index (χ3v) is 8.49. The lowest BCUT2D eigenvalue weighted by molar-refractivity contribution is -0.151. The van der Waals surface area contributed by atoms with E-state index in [-0.39, 0.29) is 5.82 Å². The predicted molar refractivity (Wildman–Crippen MR) is 176 cm³/mol. The van der Waals surface area contributed by atoms with Gasteiger partial charge in [-0.05, 0) is 64.7 Å². The maximum atomic E-state index is 13.4. The zero-order chi connectivity index (χ0) is 31.4. The predicted octanol–water partition coefficient (Wildman–Crippen LogP) is 7.94. The van der Waals surface area contributed by atoms with E-state index in [0.717, 1.165) is 28.3 Å². The Morgan fingerprint density at radius 3 is 2.09 bits per heavy atom. The average Bonchev–Trinajstić information content (AvgIpc) is 3.02. The van der Waals surface area contributed by atoms with Gasteiger partial charge in [0.05, 0.1) is 12.3 Å². The molecule has 0 amide bonds. The second-order valence-electron chi connectivity index (χ2n) is 11.6. The quantitative estimate of drug-likeness (QED) is 0.0599. The Labute approximate surface area is 260 Å². The Kier molecular flexibility index (Phi) is 11.7. The molecule has 1 atom stereocenters. The first-order valence-electron chi connectivity index (χ1n) is 14.7. The number of halogens is 1. The van der Waals surface area contributed by atoms with Gasteiger partial charge in [0.1, 0.15) is 30.5 Å². The lowest BCUT2D eigenvalue weighted by Gasteiger charge is -2.20. The number of carbonyl (C=O) groups is 1. The number of ether oxygens (including phenoxy) is 3. The summed E-state index contributed by atoms with van der Waals surface area (Å²) in [6.07, 6.45) is -0.568. The van der Waals surface area contributed by atoms with Crippen LogP contribution in [0.4, 0.5) is 4.39 Å². The minimum Gasteiger partial charge on any atom is -0.491 e. The molecule has 0 aliphatic heterocycles. The maximum Gasteiger partial charge on any atom is 0.347 e. The van der Waals surface area contributed by atoms with Gasteiger partial charge in [-0.2, -0.15) is 0 Å². The second kappa shape index (κ2) is 15.9. The first-order chi connectivity index (χ1) is 21.2. The average molecular weight is 614 g/mol. The van der Waals surface area contributed by atoms with Gasteiger partial charge in [-0.3, -0.25) is 10.3 Å². The van der Waals surface area contributed by atoms with Crippen LogP contribution in [0, 0.1) is 5.82 Å². The number of esters is 1. The van der Waals surface area contributed by atoms with Crippen LogP contribution in [0.1, 0.15) is 11.1 Å². The van der Waals surface area contributed by atoms with Crippen LogP contribution >= 0.6 is 0 Å². The molecule has 1 unspecified atom stereocenters. The molecule has 0 bridgehead atoms. The molecule has 0 spiro atoms. The van der Waals surface area contributed by atoms with Gasteiger partial charge in [-0.1, -0.05) is 93.0 Å². The van der Waals surface area contributed by atoms with E-state index < -0.39 is 20.1 Å². The summed E-state index contributed by atoms with van der Waals surface area (Å²) in [5.74, 6) is 0.258. The molecule has 1 N–H and O–H groups in total. The van der Waals surface area contributed by atoms with Crippen LogP contribution in [-0.2, 0) is 20.8 Å². The van der Waals surface area contributed by atoms with Gasteiger partial charge in [0.15, 0.2) is 6.10 Å². The van der Waals surface area contributed by atoms with E-state index in [2.05, 4.69) is 56.0 Å². The number of benzene rings is 4. The van der Waals surface area contributed by atoms with Crippen molar-refractivity contribution in [2.24, 2.45) is 0 Å². The molecule has 0 aromatic heterocycles.